The van der Waals surface area contributed by atoms with Crippen LogP contribution in [0.5, 0.6) is 0 Å². The molecule has 0 heterocycles. The van der Waals surface area contributed by atoms with Gasteiger partial charge in [-0.1, -0.05) is 61.2 Å². The normalized spacial score (nSPS) is 10.7. The summed E-state index contributed by atoms with van der Waals surface area (Å²) in [5.74, 6) is -0.966. The molecule has 0 bridgehead atoms. The Kier molecular flexibility index (Phi) is 10.2. The fourth-order valence-corrected chi connectivity index (χ4v) is 5.19. The van der Waals surface area contributed by atoms with Crippen molar-refractivity contribution in [1.29, 1.82) is 0 Å². The largest absolute Gasteiger partial charge is 0.462 e. The van der Waals surface area contributed by atoms with Gasteiger partial charge in [-0.15, -0.1) is 0 Å². The van der Waals surface area contributed by atoms with E-state index in [-0.39, 0.29) is 29.5 Å². The summed E-state index contributed by atoms with van der Waals surface area (Å²) in [4.78, 5) is 14.8. The van der Waals surface area contributed by atoms with E-state index >= 15 is 0 Å². The SMILES string of the molecule is C=C(C)C(=O)OCCCS(=O)(=O)O.c1ccc([S+](c2ccccc2)c2ccccc2)cc1. The van der Waals surface area contributed by atoms with E-state index in [1.807, 2.05) is 0 Å². The van der Waals surface area contributed by atoms with Crippen molar-refractivity contribution < 1.29 is 22.5 Å². The number of carbonyl (C=O) groups is 1. The van der Waals surface area contributed by atoms with Crippen LogP contribution >= 0.6 is 0 Å². The van der Waals surface area contributed by atoms with E-state index in [0.29, 0.717) is 0 Å². The third-order valence-corrected chi connectivity index (χ3v) is 7.10. The zero-order valence-corrected chi connectivity index (χ0v) is 19.5. The molecule has 0 amide bonds. The van der Waals surface area contributed by atoms with Gasteiger partial charge >= 0.3 is 5.97 Å². The Labute approximate surface area is 192 Å². The second kappa shape index (κ2) is 12.9. The van der Waals surface area contributed by atoms with E-state index in [1.165, 1.54) is 21.6 Å². The number of hydrogen-bond donors (Lipinski definition) is 1. The van der Waals surface area contributed by atoms with Crippen molar-refractivity contribution in [2.75, 3.05) is 12.4 Å². The van der Waals surface area contributed by atoms with Gasteiger partial charge in [0, 0.05) is 5.57 Å². The zero-order valence-electron chi connectivity index (χ0n) is 17.9. The molecule has 168 valence electrons. The fraction of sp³-hybridized carbons (Fsp3) is 0.160. The first kappa shape index (κ1) is 25.4. The summed E-state index contributed by atoms with van der Waals surface area (Å²) < 4.78 is 33.3. The van der Waals surface area contributed by atoms with Gasteiger partial charge < -0.3 is 4.74 Å². The maximum absolute atomic E-state index is 10.7. The van der Waals surface area contributed by atoms with Crippen LogP contribution < -0.4 is 0 Å². The number of rotatable bonds is 8. The molecule has 0 spiro atoms. The maximum atomic E-state index is 10.7. The van der Waals surface area contributed by atoms with E-state index < -0.39 is 21.8 Å². The third kappa shape index (κ3) is 9.09. The Morgan fingerprint density at radius 2 is 1.22 bits per heavy atom. The monoisotopic (exact) mass is 471 g/mol. The summed E-state index contributed by atoms with van der Waals surface area (Å²) in [6.07, 6.45) is 0.0812. The second-order valence-corrected chi connectivity index (χ2v) is 10.4. The number of carbonyl (C=O) groups excluding carboxylic acids is 1. The molecular weight excluding hydrogens is 444 g/mol. The molecule has 5 nitrogen and oxygen atoms in total. The van der Waals surface area contributed by atoms with Crippen LogP contribution in [0.15, 0.2) is 118 Å². The molecule has 0 fully saturated rings. The number of esters is 1. The first-order valence-electron chi connectivity index (χ1n) is 9.95. The molecule has 0 aliphatic heterocycles. The van der Waals surface area contributed by atoms with Gasteiger partial charge in [-0.2, -0.15) is 8.42 Å². The summed E-state index contributed by atoms with van der Waals surface area (Å²) in [5, 5.41) is 0. The fourth-order valence-electron chi connectivity index (χ4n) is 2.61. The molecule has 7 heteroatoms. The topological polar surface area (TPSA) is 80.7 Å². The van der Waals surface area contributed by atoms with Crippen LogP contribution in [0.3, 0.4) is 0 Å². The minimum absolute atomic E-state index is 0.0146. The van der Waals surface area contributed by atoms with Crippen molar-refractivity contribution in [3.05, 3.63) is 103 Å². The lowest BCUT2D eigenvalue weighted by molar-refractivity contribution is -0.138. The Balaban J connectivity index is 0.000000247. The van der Waals surface area contributed by atoms with Gasteiger partial charge in [0.05, 0.1) is 23.3 Å². The van der Waals surface area contributed by atoms with Crippen LogP contribution in [0.4, 0.5) is 0 Å². The Morgan fingerprint density at radius 3 is 1.53 bits per heavy atom. The molecule has 0 aliphatic rings. The van der Waals surface area contributed by atoms with Crippen LogP contribution in [0, 0.1) is 0 Å². The average molecular weight is 472 g/mol. The van der Waals surface area contributed by atoms with Crippen LogP contribution in [-0.4, -0.2) is 31.3 Å². The first-order chi connectivity index (χ1) is 15.3. The van der Waals surface area contributed by atoms with E-state index in [0.717, 1.165) is 0 Å². The van der Waals surface area contributed by atoms with E-state index in [9.17, 15) is 13.2 Å². The van der Waals surface area contributed by atoms with Gasteiger partial charge in [-0.05, 0) is 49.7 Å². The molecule has 0 saturated carbocycles. The minimum atomic E-state index is -3.96. The molecule has 3 aromatic carbocycles. The van der Waals surface area contributed by atoms with Gasteiger partial charge in [-0.3, -0.25) is 4.55 Å². The predicted molar refractivity (Wildman–Crippen MR) is 128 cm³/mol. The minimum Gasteiger partial charge on any atom is -0.462 e. The van der Waals surface area contributed by atoms with Crippen molar-refractivity contribution in [3.8, 4) is 0 Å². The van der Waals surface area contributed by atoms with Crippen molar-refractivity contribution in [1.82, 2.24) is 0 Å². The Morgan fingerprint density at radius 1 is 0.844 bits per heavy atom. The summed E-state index contributed by atoms with van der Waals surface area (Å²) in [5.41, 5.74) is 0.256. The molecule has 0 atom stereocenters. The maximum Gasteiger partial charge on any atom is 0.333 e. The molecule has 3 rings (SSSR count). The highest BCUT2D eigenvalue weighted by Gasteiger charge is 2.27. The predicted octanol–water partition coefficient (Wildman–Crippen LogP) is 5.17. The third-order valence-electron chi connectivity index (χ3n) is 4.06. The average Bonchev–Trinajstić information content (AvgIpc) is 2.79. The zero-order chi connectivity index (χ0) is 23.4. The van der Waals surface area contributed by atoms with Gasteiger partial charge in [0.15, 0.2) is 14.7 Å². The molecule has 32 heavy (non-hydrogen) atoms. The van der Waals surface area contributed by atoms with Crippen molar-refractivity contribution in [2.45, 2.75) is 28.0 Å². The molecule has 0 radical (unpaired) electrons. The summed E-state index contributed by atoms with van der Waals surface area (Å²) in [7, 11) is -3.97. The lowest BCUT2D eigenvalue weighted by Gasteiger charge is -2.07. The van der Waals surface area contributed by atoms with Crippen molar-refractivity contribution >= 4 is 27.0 Å². The number of hydrogen-bond acceptors (Lipinski definition) is 4. The van der Waals surface area contributed by atoms with E-state index in [2.05, 4.69) is 102 Å². The van der Waals surface area contributed by atoms with Crippen LogP contribution in [0.1, 0.15) is 13.3 Å². The molecule has 1 N–H and O–H groups in total. The molecule has 0 aromatic heterocycles. The summed E-state index contributed by atoms with van der Waals surface area (Å²) >= 11 is 0. The smallest absolute Gasteiger partial charge is 0.333 e. The van der Waals surface area contributed by atoms with Crippen LogP contribution in [0.2, 0.25) is 0 Å². The Hall–Kier alpha value is -2.87. The van der Waals surface area contributed by atoms with Crippen molar-refractivity contribution in [2.24, 2.45) is 0 Å². The molecule has 3 aromatic rings. The molecule has 0 aliphatic carbocycles. The molecule has 0 unspecified atom stereocenters. The molecular formula is C25H27O5S2+. The van der Waals surface area contributed by atoms with Crippen LogP contribution in [0.25, 0.3) is 0 Å². The highest BCUT2D eigenvalue weighted by molar-refractivity contribution is 7.97. The van der Waals surface area contributed by atoms with Gasteiger partial charge in [0.1, 0.15) is 0 Å². The number of benzene rings is 3. The summed E-state index contributed by atoms with van der Waals surface area (Å²) in [6, 6.07) is 32.2. The van der Waals surface area contributed by atoms with E-state index in [1.54, 1.807) is 0 Å². The first-order valence-corrected chi connectivity index (χ1v) is 12.8. The quantitative estimate of drug-likeness (QED) is 0.161. The van der Waals surface area contributed by atoms with Crippen molar-refractivity contribution in [3.63, 3.8) is 0 Å². The van der Waals surface area contributed by atoms with Gasteiger partial charge in [0.25, 0.3) is 10.1 Å². The summed E-state index contributed by atoms with van der Waals surface area (Å²) in [6.45, 7) is 4.80. The van der Waals surface area contributed by atoms with Crippen LogP contribution in [-0.2, 0) is 30.5 Å². The number of ether oxygens (including phenoxy) is 1. The highest BCUT2D eigenvalue weighted by Crippen LogP contribution is 2.30. The van der Waals surface area contributed by atoms with Gasteiger partial charge in [0.2, 0.25) is 0 Å². The second-order valence-electron chi connectivity index (χ2n) is 6.80. The lowest BCUT2D eigenvalue weighted by atomic mass is 10.4. The molecule has 0 saturated heterocycles. The standard InChI is InChI=1S/C18H15S.C7H12O5S/c1-4-10-16(11-5-1)19(17-12-6-2-7-13-17)18-14-8-3-9-15-18;1-6(2)7(8)12-4-3-5-13(9,10)11/h1-15H;1,3-5H2,2H3,(H,9,10,11)/q+1;. The Bertz CT molecular complexity index is 989. The highest BCUT2D eigenvalue weighted by atomic mass is 32.2. The lowest BCUT2D eigenvalue weighted by Crippen LogP contribution is -2.11. The van der Waals surface area contributed by atoms with Gasteiger partial charge in [-0.25, -0.2) is 4.79 Å². The van der Waals surface area contributed by atoms with E-state index in [4.69, 9.17) is 4.55 Å².